The number of fused-ring (bicyclic) bond motifs is 3. The molecular weight excluding hydrogens is 298 g/mol. The van der Waals surface area contributed by atoms with Crippen molar-refractivity contribution in [3.05, 3.63) is 66.0 Å². The Bertz CT molecular complexity index is 959. The minimum absolute atomic E-state index is 0.498. The molecule has 0 saturated carbocycles. The van der Waals surface area contributed by atoms with E-state index in [2.05, 4.69) is 46.1 Å². The number of aliphatic hydroxyl groups excluding tert-OH is 1. The second kappa shape index (κ2) is 5.80. The van der Waals surface area contributed by atoms with Crippen LogP contribution in [0.2, 0.25) is 0 Å². The topological polar surface area (TPSA) is 43.0 Å². The van der Waals surface area contributed by atoms with Crippen molar-refractivity contribution < 1.29 is 5.11 Å². The third-order valence-electron chi connectivity index (χ3n) is 4.56. The lowest BCUT2D eigenvalue weighted by Crippen LogP contribution is -2.23. The molecule has 0 fully saturated rings. The quantitative estimate of drug-likeness (QED) is 0.624. The summed E-state index contributed by atoms with van der Waals surface area (Å²) < 4.78 is 4.09. The van der Waals surface area contributed by atoms with E-state index in [1.54, 1.807) is 0 Å². The Morgan fingerprint density at radius 1 is 0.917 bits per heavy atom. The SMILES string of the molecule is Cc1cc(C)n(C[C@@H](O)Cn2c3ccccc3c3ccccc32)n1. The smallest absolute Gasteiger partial charge is 0.0914 e. The van der Waals surface area contributed by atoms with Crippen molar-refractivity contribution in [1.82, 2.24) is 14.3 Å². The van der Waals surface area contributed by atoms with Gasteiger partial charge in [-0.05, 0) is 32.0 Å². The molecule has 0 aliphatic carbocycles. The molecule has 4 nitrogen and oxygen atoms in total. The van der Waals surface area contributed by atoms with Gasteiger partial charge in [-0.3, -0.25) is 4.68 Å². The van der Waals surface area contributed by atoms with E-state index >= 15 is 0 Å². The summed E-state index contributed by atoms with van der Waals surface area (Å²) in [6, 6.07) is 18.8. The first-order valence-electron chi connectivity index (χ1n) is 8.28. The van der Waals surface area contributed by atoms with E-state index in [4.69, 9.17) is 0 Å². The lowest BCUT2D eigenvalue weighted by atomic mass is 10.2. The highest BCUT2D eigenvalue weighted by Crippen LogP contribution is 2.28. The van der Waals surface area contributed by atoms with Crippen LogP contribution in [0.25, 0.3) is 21.8 Å². The molecule has 0 radical (unpaired) electrons. The number of rotatable bonds is 4. The first-order chi connectivity index (χ1) is 11.6. The Morgan fingerprint density at radius 3 is 2.04 bits per heavy atom. The molecule has 0 amide bonds. The number of aliphatic hydroxyl groups is 1. The molecule has 0 aliphatic rings. The maximum Gasteiger partial charge on any atom is 0.0914 e. The first-order valence-corrected chi connectivity index (χ1v) is 8.28. The number of benzene rings is 2. The Kier molecular flexibility index (Phi) is 3.62. The number of para-hydroxylation sites is 2. The number of hydrogen-bond acceptors (Lipinski definition) is 2. The van der Waals surface area contributed by atoms with Crippen LogP contribution in [0.1, 0.15) is 11.4 Å². The van der Waals surface area contributed by atoms with Gasteiger partial charge in [0.05, 0.1) is 24.9 Å². The monoisotopic (exact) mass is 319 g/mol. The Labute approximate surface area is 140 Å². The van der Waals surface area contributed by atoms with Crippen LogP contribution in [0.4, 0.5) is 0 Å². The highest BCUT2D eigenvalue weighted by molar-refractivity contribution is 6.07. The highest BCUT2D eigenvalue weighted by atomic mass is 16.3. The zero-order valence-electron chi connectivity index (χ0n) is 14.0. The summed E-state index contributed by atoms with van der Waals surface area (Å²) in [5.41, 5.74) is 4.38. The van der Waals surface area contributed by atoms with E-state index in [0.29, 0.717) is 13.1 Å². The molecule has 122 valence electrons. The predicted molar refractivity (Wildman–Crippen MR) is 97.2 cm³/mol. The van der Waals surface area contributed by atoms with Gasteiger partial charge in [-0.15, -0.1) is 0 Å². The average Bonchev–Trinajstić information content (AvgIpc) is 3.06. The van der Waals surface area contributed by atoms with Gasteiger partial charge < -0.3 is 9.67 Å². The first kappa shape index (κ1) is 15.0. The van der Waals surface area contributed by atoms with Crippen LogP contribution < -0.4 is 0 Å². The van der Waals surface area contributed by atoms with Gasteiger partial charge in [-0.1, -0.05) is 36.4 Å². The van der Waals surface area contributed by atoms with Crippen LogP contribution in [0.5, 0.6) is 0 Å². The molecule has 2 aromatic carbocycles. The van der Waals surface area contributed by atoms with E-state index < -0.39 is 6.10 Å². The zero-order valence-corrected chi connectivity index (χ0v) is 14.0. The van der Waals surface area contributed by atoms with Crippen LogP contribution in [-0.2, 0) is 13.1 Å². The summed E-state index contributed by atoms with van der Waals surface area (Å²) in [7, 11) is 0. The normalized spacial score (nSPS) is 13.0. The summed E-state index contributed by atoms with van der Waals surface area (Å²) in [5.74, 6) is 0. The summed E-state index contributed by atoms with van der Waals surface area (Å²) in [6.45, 7) is 5.04. The van der Waals surface area contributed by atoms with E-state index in [1.807, 2.05) is 36.7 Å². The van der Waals surface area contributed by atoms with Crippen molar-refractivity contribution in [2.24, 2.45) is 0 Å². The largest absolute Gasteiger partial charge is 0.389 e. The standard InChI is InChI=1S/C20H21N3O/c1-14-11-15(2)23(21-14)13-16(24)12-22-19-9-5-3-7-17(19)18-8-4-6-10-20(18)22/h3-11,16,24H,12-13H2,1-2H3/t16-/m0/s1. The van der Waals surface area contributed by atoms with Crippen LogP contribution in [-0.4, -0.2) is 25.6 Å². The molecule has 0 spiro atoms. The van der Waals surface area contributed by atoms with Crippen LogP contribution in [0.15, 0.2) is 54.6 Å². The van der Waals surface area contributed by atoms with E-state index in [-0.39, 0.29) is 0 Å². The van der Waals surface area contributed by atoms with Gasteiger partial charge in [-0.25, -0.2) is 0 Å². The van der Waals surface area contributed by atoms with Crippen LogP contribution in [0.3, 0.4) is 0 Å². The Hall–Kier alpha value is -2.59. The lowest BCUT2D eigenvalue weighted by molar-refractivity contribution is 0.132. The number of nitrogens with zero attached hydrogens (tertiary/aromatic N) is 3. The molecule has 1 N–H and O–H groups in total. The van der Waals surface area contributed by atoms with Crippen LogP contribution >= 0.6 is 0 Å². The molecule has 4 aromatic rings. The lowest BCUT2D eigenvalue weighted by Gasteiger charge is -2.15. The fraction of sp³-hybridized carbons (Fsp3) is 0.250. The average molecular weight is 319 g/mol. The van der Waals surface area contributed by atoms with Crippen molar-refractivity contribution in [3.63, 3.8) is 0 Å². The summed E-state index contributed by atoms with van der Waals surface area (Å²) >= 11 is 0. The molecule has 2 heterocycles. The van der Waals surface area contributed by atoms with E-state index in [0.717, 1.165) is 22.4 Å². The van der Waals surface area contributed by atoms with Gasteiger partial charge >= 0.3 is 0 Å². The fourth-order valence-corrected chi connectivity index (χ4v) is 3.53. The van der Waals surface area contributed by atoms with E-state index in [9.17, 15) is 5.11 Å². The summed E-state index contributed by atoms with van der Waals surface area (Å²) in [4.78, 5) is 0. The van der Waals surface area contributed by atoms with Gasteiger partial charge in [0.2, 0.25) is 0 Å². The van der Waals surface area contributed by atoms with Crippen LogP contribution in [0, 0.1) is 13.8 Å². The maximum atomic E-state index is 10.6. The Morgan fingerprint density at radius 2 is 1.50 bits per heavy atom. The van der Waals surface area contributed by atoms with Gasteiger partial charge in [0.1, 0.15) is 0 Å². The third kappa shape index (κ3) is 2.49. The Balaban J connectivity index is 1.71. The molecule has 1 atom stereocenters. The minimum atomic E-state index is -0.498. The van der Waals surface area contributed by atoms with Gasteiger partial charge in [0.15, 0.2) is 0 Å². The van der Waals surface area contributed by atoms with Gasteiger partial charge in [0.25, 0.3) is 0 Å². The molecule has 4 rings (SSSR count). The second-order valence-electron chi connectivity index (χ2n) is 6.41. The molecule has 24 heavy (non-hydrogen) atoms. The van der Waals surface area contributed by atoms with E-state index in [1.165, 1.54) is 10.8 Å². The number of aromatic nitrogens is 3. The number of aryl methyl sites for hydroxylation is 2. The number of hydrogen-bond donors (Lipinski definition) is 1. The molecule has 2 aromatic heterocycles. The maximum absolute atomic E-state index is 10.6. The molecular formula is C20H21N3O. The van der Waals surface area contributed by atoms with Gasteiger partial charge in [0, 0.05) is 27.5 Å². The minimum Gasteiger partial charge on any atom is -0.389 e. The van der Waals surface area contributed by atoms with Crippen molar-refractivity contribution in [1.29, 1.82) is 0 Å². The molecule has 0 bridgehead atoms. The van der Waals surface area contributed by atoms with Crippen molar-refractivity contribution in [2.75, 3.05) is 0 Å². The third-order valence-corrected chi connectivity index (χ3v) is 4.56. The summed E-state index contributed by atoms with van der Waals surface area (Å²) in [6.07, 6.45) is -0.498. The molecule has 0 saturated heterocycles. The fourth-order valence-electron chi connectivity index (χ4n) is 3.53. The predicted octanol–water partition coefficient (Wildman–Crippen LogP) is 3.67. The van der Waals surface area contributed by atoms with Crippen molar-refractivity contribution >= 4 is 21.8 Å². The van der Waals surface area contributed by atoms with Crippen molar-refractivity contribution in [2.45, 2.75) is 33.0 Å². The molecule has 0 aliphatic heterocycles. The van der Waals surface area contributed by atoms with Gasteiger partial charge in [-0.2, -0.15) is 5.10 Å². The molecule has 4 heteroatoms. The summed E-state index contributed by atoms with van der Waals surface area (Å²) in [5, 5.41) is 17.6. The second-order valence-corrected chi connectivity index (χ2v) is 6.41. The zero-order chi connectivity index (χ0) is 16.7. The molecule has 0 unspecified atom stereocenters. The van der Waals surface area contributed by atoms with Crippen molar-refractivity contribution in [3.8, 4) is 0 Å². The highest BCUT2D eigenvalue weighted by Gasteiger charge is 2.14.